The predicted molar refractivity (Wildman–Crippen MR) is 136 cm³/mol. The van der Waals surface area contributed by atoms with Crippen molar-refractivity contribution in [2.75, 3.05) is 26.9 Å². The molecule has 0 radical (unpaired) electrons. The van der Waals surface area contributed by atoms with E-state index in [0.717, 1.165) is 12.2 Å². The van der Waals surface area contributed by atoms with Crippen LogP contribution in [0.5, 0.6) is 5.75 Å². The topological polar surface area (TPSA) is 48.0 Å². The number of nitrogens with zero attached hydrogens (tertiary/aromatic N) is 1. The number of methoxy groups -OCH3 is 1. The number of benzene rings is 3. The Morgan fingerprint density at radius 3 is 2.37 bits per heavy atom. The van der Waals surface area contributed by atoms with Gasteiger partial charge in [-0.3, -0.25) is 4.90 Å². The fourth-order valence-electron chi connectivity index (χ4n) is 5.82. The molecule has 0 N–H and O–H groups in total. The van der Waals surface area contributed by atoms with Crippen LogP contribution < -0.4 is 4.74 Å². The van der Waals surface area contributed by atoms with Crippen LogP contribution in [0.1, 0.15) is 34.6 Å². The van der Waals surface area contributed by atoms with Crippen LogP contribution in [0.3, 0.4) is 0 Å². The highest BCUT2D eigenvalue weighted by Gasteiger charge is 2.40. The van der Waals surface area contributed by atoms with Crippen LogP contribution in [0.2, 0.25) is 0 Å². The lowest BCUT2D eigenvalue weighted by Crippen LogP contribution is -2.56. The Labute approximate surface area is 205 Å². The van der Waals surface area contributed by atoms with Crippen molar-refractivity contribution in [3.8, 4) is 16.9 Å². The van der Waals surface area contributed by atoms with Crippen LogP contribution >= 0.6 is 0 Å². The normalized spacial score (nSPS) is 20.6. The molecule has 2 atom stereocenters. The second-order valence-electron chi connectivity index (χ2n) is 9.55. The SMILES string of the molecule is COc1ccc(C)c(C2=CC3COCC(C2)N3C(=O)OCC2c3ccccc3-c3ccccc32)c1. The van der Waals surface area contributed by atoms with Gasteiger partial charge in [0.1, 0.15) is 12.4 Å². The molecule has 0 aromatic heterocycles. The molecule has 2 aliphatic heterocycles. The van der Waals surface area contributed by atoms with Crippen molar-refractivity contribution in [1.29, 1.82) is 0 Å². The molecule has 2 bridgehead atoms. The van der Waals surface area contributed by atoms with E-state index >= 15 is 0 Å². The van der Waals surface area contributed by atoms with Crippen LogP contribution in [0.4, 0.5) is 4.79 Å². The van der Waals surface area contributed by atoms with Gasteiger partial charge >= 0.3 is 6.09 Å². The minimum absolute atomic E-state index is 0.0463. The average Bonchev–Trinajstić information content (AvgIpc) is 3.20. The summed E-state index contributed by atoms with van der Waals surface area (Å²) in [6.07, 6.45) is 2.64. The van der Waals surface area contributed by atoms with Crippen LogP contribution in [0, 0.1) is 6.92 Å². The van der Waals surface area contributed by atoms with Gasteiger partial charge in [0.2, 0.25) is 0 Å². The number of hydrogen-bond donors (Lipinski definition) is 0. The van der Waals surface area contributed by atoms with Gasteiger partial charge in [-0.05, 0) is 64.4 Å². The van der Waals surface area contributed by atoms with Crippen molar-refractivity contribution in [3.63, 3.8) is 0 Å². The summed E-state index contributed by atoms with van der Waals surface area (Å²) in [5.74, 6) is 0.893. The summed E-state index contributed by atoms with van der Waals surface area (Å²) in [5, 5.41) is 0. The first kappa shape index (κ1) is 21.9. The van der Waals surface area contributed by atoms with Crippen LogP contribution in [-0.4, -0.2) is 50.0 Å². The molecule has 2 heterocycles. The standard InChI is InChI=1S/C30H29NO4/c1-19-11-12-23(33-2)15-28(19)20-13-21-16-34-17-22(14-20)31(21)30(32)35-18-29-26-9-5-3-7-24(26)25-8-4-6-10-27(25)29/h3-13,15,21-22,29H,14,16-18H2,1-2H3. The third-order valence-electron chi connectivity index (χ3n) is 7.54. The van der Waals surface area contributed by atoms with Gasteiger partial charge in [0.05, 0.1) is 32.4 Å². The molecule has 3 aromatic rings. The molecule has 1 saturated heterocycles. The first-order valence-corrected chi connectivity index (χ1v) is 12.2. The van der Waals surface area contributed by atoms with E-state index in [1.54, 1.807) is 7.11 Å². The summed E-state index contributed by atoms with van der Waals surface area (Å²) in [6, 6.07) is 22.8. The van der Waals surface area contributed by atoms with E-state index in [1.807, 2.05) is 11.0 Å². The Morgan fingerprint density at radius 1 is 0.971 bits per heavy atom. The van der Waals surface area contributed by atoms with Crippen LogP contribution in [0.25, 0.3) is 16.7 Å². The van der Waals surface area contributed by atoms with Gasteiger partial charge in [0, 0.05) is 5.92 Å². The zero-order valence-electron chi connectivity index (χ0n) is 20.1. The molecule has 0 spiro atoms. The van der Waals surface area contributed by atoms with Crippen molar-refractivity contribution in [3.05, 3.63) is 95.1 Å². The molecule has 6 rings (SSSR count). The van der Waals surface area contributed by atoms with Gasteiger partial charge in [-0.1, -0.05) is 60.7 Å². The highest BCUT2D eigenvalue weighted by molar-refractivity contribution is 5.79. The summed E-state index contributed by atoms with van der Waals surface area (Å²) < 4.78 is 17.3. The molecule has 178 valence electrons. The molecule has 2 unspecified atom stereocenters. The molecule has 35 heavy (non-hydrogen) atoms. The van der Waals surface area contributed by atoms with Crippen molar-refractivity contribution < 1.29 is 19.0 Å². The molecule has 5 nitrogen and oxygen atoms in total. The van der Waals surface area contributed by atoms with E-state index in [1.165, 1.54) is 39.0 Å². The zero-order chi connectivity index (χ0) is 23.9. The number of aryl methyl sites for hydroxylation is 1. The highest BCUT2D eigenvalue weighted by atomic mass is 16.6. The van der Waals surface area contributed by atoms with Gasteiger partial charge in [0.25, 0.3) is 0 Å². The molecular formula is C30H29NO4. The molecule has 3 aromatic carbocycles. The number of morpholine rings is 1. The largest absolute Gasteiger partial charge is 0.497 e. The van der Waals surface area contributed by atoms with E-state index in [4.69, 9.17) is 14.2 Å². The summed E-state index contributed by atoms with van der Waals surface area (Å²) in [7, 11) is 1.69. The fraction of sp³-hybridized carbons (Fsp3) is 0.300. The van der Waals surface area contributed by atoms with Gasteiger partial charge in [0.15, 0.2) is 0 Å². The van der Waals surface area contributed by atoms with Crippen LogP contribution in [0.15, 0.2) is 72.8 Å². The molecule has 1 aliphatic carbocycles. The maximum atomic E-state index is 13.4. The average molecular weight is 468 g/mol. The van der Waals surface area contributed by atoms with Crippen LogP contribution in [-0.2, 0) is 9.47 Å². The fourth-order valence-corrected chi connectivity index (χ4v) is 5.82. The minimum atomic E-state index is -0.261. The Morgan fingerprint density at radius 2 is 1.69 bits per heavy atom. The molecular weight excluding hydrogens is 438 g/mol. The molecule has 0 saturated carbocycles. The molecule has 1 fully saturated rings. The third kappa shape index (κ3) is 3.80. The van der Waals surface area contributed by atoms with Gasteiger partial charge in [-0.2, -0.15) is 0 Å². The van der Waals surface area contributed by atoms with Crippen molar-refractivity contribution in [2.45, 2.75) is 31.3 Å². The quantitative estimate of drug-likeness (QED) is 0.486. The van der Waals surface area contributed by atoms with E-state index in [2.05, 4.69) is 73.7 Å². The zero-order valence-corrected chi connectivity index (χ0v) is 20.1. The Bertz CT molecular complexity index is 1270. The van der Waals surface area contributed by atoms with E-state index in [-0.39, 0.29) is 24.1 Å². The lowest BCUT2D eigenvalue weighted by molar-refractivity contribution is -0.0331. The van der Waals surface area contributed by atoms with Crippen molar-refractivity contribution in [1.82, 2.24) is 4.90 Å². The number of ether oxygens (including phenoxy) is 3. The Kier molecular flexibility index (Phi) is 5.57. The maximum absolute atomic E-state index is 13.4. The van der Waals surface area contributed by atoms with E-state index in [9.17, 15) is 4.79 Å². The number of rotatable bonds is 4. The number of hydrogen-bond acceptors (Lipinski definition) is 4. The summed E-state index contributed by atoms with van der Waals surface area (Å²) in [5.41, 5.74) is 8.52. The maximum Gasteiger partial charge on any atom is 0.410 e. The van der Waals surface area contributed by atoms with Gasteiger partial charge in [-0.15, -0.1) is 0 Å². The number of carbonyl (C=O) groups is 1. The summed E-state index contributed by atoms with van der Waals surface area (Å²) in [6.45, 7) is 3.43. The second kappa shape index (κ2) is 8.90. The Balaban J connectivity index is 1.23. The summed E-state index contributed by atoms with van der Waals surface area (Å²) in [4.78, 5) is 15.3. The number of carbonyl (C=O) groups excluding carboxylic acids is 1. The lowest BCUT2D eigenvalue weighted by atomic mass is 9.88. The van der Waals surface area contributed by atoms with Crippen molar-refractivity contribution >= 4 is 11.7 Å². The van der Waals surface area contributed by atoms with Crippen molar-refractivity contribution in [2.24, 2.45) is 0 Å². The number of fused-ring (bicyclic) bond motifs is 5. The van der Waals surface area contributed by atoms with Gasteiger partial charge in [-0.25, -0.2) is 4.79 Å². The molecule has 3 aliphatic rings. The van der Waals surface area contributed by atoms with E-state index in [0.29, 0.717) is 19.8 Å². The lowest BCUT2D eigenvalue weighted by Gasteiger charge is -2.44. The smallest absolute Gasteiger partial charge is 0.410 e. The minimum Gasteiger partial charge on any atom is -0.497 e. The predicted octanol–water partition coefficient (Wildman–Crippen LogP) is 5.81. The Hall–Kier alpha value is -3.57. The molecule has 5 heteroatoms. The highest BCUT2D eigenvalue weighted by Crippen LogP contribution is 2.44. The number of amides is 1. The summed E-state index contributed by atoms with van der Waals surface area (Å²) >= 11 is 0. The molecule has 1 amide bonds. The second-order valence-corrected chi connectivity index (χ2v) is 9.55. The van der Waals surface area contributed by atoms with E-state index < -0.39 is 0 Å². The third-order valence-corrected chi connectivity index (χ3v) is 7.54. The first-order chi connectivity index (χ1) is 17.1. The van der Waals surface area contributed by atoms with Gasteiger partial charge < -0.3 is 14.2 Å². The first-order valence-electron chi connectivity index (χ1n) is 12.2. The monoisotopic (exact) mass is 467 g/mol.